The van der Waals surface area contributed by atoms with Gasteiger partial charge in [-0.25, -0.2) is 14.8 Å². The topological polar surface area (TPSA) is 191 Å². The van der Waals surface area contributed by atoms with Crippen LogP contribution in [0.2, 0.25) is 0 Å². The largest absolute Gasteiger partial charge is 0.477 e. The lowest BCUT2D eigenvalue weighted by Gasteiger charge is -2.49. The van der Waals surface area contributed by atoms with Crippen molar-refractivity contribution in [1.82, 2.24) is 20.2 Å². The predicted molar refractivity (Wildman–Crippen MR) is 134 cm³/mol. The van der Waals surface area contributed by atoms with Gasteiger partial charge in [0.05, 0.1) is 0 Å². The number of hydrogen-bond acceptors (Lipinski definition) is 11. The summed E-state index contributed by atoms with van der Waals surface area (Å²) in [4.78, 5) is 61.4. The third kappa shape index (κ3) is 4.31. The highest BCUT2D eigenvalue weighted by Gasteiger charge is 2.54. The van der Waals surface area contributed by atoms with E-state index in [1.54, 1.807) is 24.4 Å². The molecule has 3 aliphatic heterocycles. The molecular weight excluding hydrogens is 522 g/mol. The molecule has 2 fully saturated rings. The Hall–Kier alpha value is -4.24. The predicted octanol–water partition coefficient (Wildman–Crippen LogP) is 0.401. The van der Waals surface area contributed by atoms with Crippen molar-refractivity contribution in [3.63, 3.8) is 0 Å². The van der Waals surface area contributed by atoms with E-state index in [1.165, 1.54) is 28.1 Å². The van der Waals surface area contributed by atoms with E-state index in [9.17, 15) is 29.5 Å². The number of nitrogens with one attached hydrogen (secondary N) is 1. The monoisotopic (exact) mass is 541 g/mol. The highest BCUT2D eigenvalue weighted by atomic mass is 32.2. The lowest BCUT2D eigenvalue weighted by atomic mass is 10.0. The van der Waals surface area contributed by atoms with Crippen LogP contribution < -0.4 is 16.0 Å². The number of pyridine rings is 1. The number of nitrogens with zero attached hydrogens (tertiary/aromatic N) is 5. The number of anilines is 2. The number of hydrogen-bond donors (Lipinski definition) is 4. The van der Waals surface area contributed by atoms with Crippen LogP contribution in [0.1, 0.15) is 12.1 Å². The molecule has 2 aromatic heterocycles. The average Bonchev–Trinajstić information content (AvgIpc) is 3.48. The molecule has 3 amide bonds. The van der Waals surface area contributed by atoms with Gasteiger partial charge < -0.3 is 21.4 Å². The molecule has 0 aromatic carbocycles. The van der Waals surface area contributed by atoms with Gasteiger partial charge in [-0.3, -0.25) is 24.2 Å². The summed E-state index contributed by atoms with van der Waals surface area (Å²) < 4.78 is 0. The number of rotatable bonds is 6. The number of aliphatic carboxylic acids is 1. The van der Waals surface area contributed by atoms with Gasteiger partial charge in [-0.15, -0.1) is 23.1 Å². The fourth-order valence-corrected chi connectivity index (χ4v) is 6.12. The van der Waals surface area contributed by atoms with Crippen LogP contribution >= 0.6 is 23.1 Å². The van der Waals surface area contributed by atoms with Crippen LogP contribution in [0.3, 0.4) is 0 Å². The fraction of sp³-hybridized carbons (Fsp3) is 0.227. The smallest absolute Gasteiger partial charge is 0.352 e. The van der Waals surface area contributed by atoms with Gasteiger partial charge in [0.2, 0.25) is 0 Å². The number of carbonyl (C=O) groups excluding carboxylic acids is 3. The molecule has 190 valence electrons. The molecule has 0 spiro atoms. The zero-order valence-electron chi connectivity index (χ0n) is 18.9. The Balaban J connectivity index is 1.35. The van der Waals surface area contributed by atoms with Crippen molar-refractivity contribution in [3.05, 3.63) is 58.4 Å². The van der Waals surface area contributed by atoms with Gasteiger partial charge in [-0.1, -0.05) is 11.2 Å². The number of carboxylic acids is 1. The molecule has 0 aliphatic carbocycles. The van der Waals surface area contributed by atoms with Gasteiger partial charge in [0, 0.05) is 29.4 Å². The second-order valence-electron chi connectivity index (χ2n) is 8.12. The van der Waals surface area contributed by atoms with E-state index < -0.39 is 34.9 Å². The zero-order valence-corrected chi connectivity index (χ0v) is 20.5. The maximum absolute atomic E-state index is 12.9. The minimum absolute atomic E-state index is 0.0448. The molecule has 0 saturated carbocycles. The first-order valence-electron chi connectivity index (χ1n) is 10.9. The molecule has 15 heteroatoms. The second-order valence-corrected chi connectivity index (χ2v) is 10.1. The minimum Gasteiger partial charge on any atom is -0.477 e. The van der Waals surface area contributed by atoms with Crippen molar-refractivity contribution in [2.24, 2.45) is 5.16 Å². The zero-order chi connectivity index (χ0) is 26.3. The second kappa shape index (κ2) is 9.67. The van der Waals surface area contributed by atoms with Gasteiger partial charge >= 0.3 is 5.97 Å². The summed E-state index contributed by atoms with van der Waals surface area (Å²) in [5, 5.41) is 25.6. The van der Waals surface area contributed by atoms with Crippen molar-refractivity contribution in [2.75, 3.05) is 22.9 Å². The molecule has 3 aliphatic rings. The van der Waals surface area contributed by atoms with Gasteiger partial charge in [0.1, 0.15) is 28.6 Å². The van der Waals surface area contributed by atoms with Crippen LogP contribution in [-0.4, -0.2) is 78.3 Å². The van der Waals surface area contributed by atoms with Crippen LogP contribution in [0.5, 0.6) is 0 Å². The number of aromatic nitrogens is 2. The normalized spacial score (nSPS) is 22.8. The van der Waals surface area contributed by atoms with Gasteiger partial charge in [0.15, 0.2) is 10.8 Å². The van der Waals surface area contributed by atoms with Gasteiger partial charge in [0.25, 0.3) is 17.7 Å². The average molecular weight is 542 g/mol. The fourth-order valence-electron chi connectivity index (χ4n) is 4.26. The number of carboxylic acid groups (broad SMARTS) is 1. The van der Waals surface area contributed by atoms with Crippen molar-refractivity contribution in [2.45, 2.75) is 17.8 Å². The number of thioether (sulfide) groups is 1. The van der Waals surface area contributed by atoms with Crippen molar-refractivity contribution in [3.8, 4) is 0 Å². The van der Waals surface area contributed by atoms with E-state index in [0.717, 1.165) is 16.2 Å². The maximum Gasteiger partial charge on any atom is 0.352 e. The van der Waals surface area contributed by atoms with E-state index in [4.69, 9.17) is 5.73 Å². The summed E-state index contributed by atoms with van der Waals surface area (Å²) in [6.07, 6.45) is 3.51. The summed E-state index contributed by atoms with van der Waals surface area (Å²) in [6, 6.07) is 4.19. The van der Waals surface area contributed by atoms with Crippen LogP contribution in [0.4, 0.5) is 10.9 Å². The third-order valence-corrected chi connectivity index (χ3v) is 7.94. The number of oxime groups is 1. The number of β-lactam (4-membered cyclic amide) rings is 1. The Kier molecular flexibility index (Phi) is 6.39. The first kappa shape index (κ1) is 24.5. The highest BCUT2D eigenvalue weighted by Crippen LogP contribution is 2.41. The number of nitrogens with two attached hydrogens (primary N) is 1. The highest BCUT2D eigenvalue weighted by molar-refractivity contribution is 8.00. The number of allylic oxidation sites excluding steroid dienone is 1. The van der Waals surface area contributed by atoms with E-state index in [-0.39, 0.29) is 28.2 Å². The summed E-state index contributed by atoms with van der Waals surface area (Å²) in [7, 11) is 0. The lowest BCUT2D eigenvalue weighted by Crippen LogP contribution is -2.71. The number of thiazole rings is 1. The summed E-state index contributed by atoms with van der Waals surface area (Å²) in [5.74, 6) is -2.39. The molecule has 37 heavy (non-hydrogen) atoms. The number of amides is 3. The van der Waals surface area contributed by atoms with E-state index >= 15 is 0 Å². The summed E-state index contributed by atoms with van der Waals surface area (Å²) in [5.41, 5.74) is 5.70. The van der Waals surface area contributed by atoms with E-state index in [1.807, 2.05) is 0 Å². The first-order valence-corrected chi connectivity index (χ1v) is 12.8. The summed E-state index contributed by atoms with van der Waals surface area (Å²) in [6.45, 7) is 0.406. The molecule has 0 radical (unpaired) electrons. The Morgan fingerprint density at radius 1 is 1.30 bits per heavy atom. The minimum atomic E-state index is -1.32. The molecule has 5 rings (SSSR count). The SMILES string of the molecule is Nc1nc(/C(=N/O)C(=O)NC2C(=O)N3C(C(=O)O)=C(C=C4CCN(c5ccccn5)C4=O)CSC23)cs1. The van der Waals surface area contributed by atoms with Gasteiger partial charge in [-0.2, -0.15) is 0 Å². The standard InChI is InChI=1S/C22H19N7O6S2/c23-22-25-12(9-37-22)14(27-35)17(30)26-15-19(32)29-16(21(33)34)11(8-36-20(15)29)7-10-4-6-28(18(10)31)13-3-1-2-5-24-13/h1-3,5,7,9,15,20,35H,4,6,8H2,(H2,23,25)(H,26,30)(H,33,34)/b10-7?,27-14-. The van der Waals surface area contributed by atoms with E-state index in [0.29, 0.717) is 29.9 Å². The first-order chi connectivity index (χ1) is 17.8. The molecule has 2 unspecified atom stereocenters. The lowest BCUT2D eigenvalue weighted by molar-refractivity contribution is -0.150. The Bertz CT molecular complexity index is 1400. The molecule has 5 N–H and O–H groups in total. The Labute approximate surface area is 217 Å². The quantitative estimate of drug-likeness (QED) is 0.131. The van der Waals surface area contributed by atoms with E-state index in [2.05, 4.69) is 20.4 Å². The molecule has 13 nitrogen and oxygen atoms in total. The molecular formula is C22H19N7O6S2. The van der Waals surface area contributed by atoms with Crippen LogP contribution in [-0.2, 0) is 19.2 Å². The van der Waals surface area contributed by atoms with Crippen LogP contribution in [0, 0.1) is 0 Å². The summed E-state index contributed by atoms with van der Waals surface area (Å²) >= 11 is 2.30. The van der Waals surface area contributed by atoms with Crippen molar-refractivity contribution in [1.29, 1.82) is 0 Å². The molecule has 0 bridgehead atoms. The van der Waals surface area contributed by atoms with Gasteiger partial charge in [-0.05, 0) is 30.2 Å². The van der Waals surface area contributed by atoms with Crippen LogP contribution in [0.15, 0.2) is 57.9 Å². The Morgan fingerprint density at radius 3 is 2.76 bits per heavy atom. The Morgan fingerprint density at radius 2 is 2.11 bits per heavy atom. The van der Waals surface area contributed by atoms with Crippen molar-refractivity contribution < 1.29 is 29.5 Å². The number of nitrogen functional groups attached to an aromatic ring is 1. The number of carbonyl (C=O) groups is 4. The molecule has 2 aromatic rings. The third-order valence-electron chi connectivity index (χ3n) is 5.97. The molecule has 5 heterocycles. The van der Waals surface area contributed by atoms with Crippen molar-refractivity contribution >= 4 is 63.5 Å². The molecule has 2 saturated heterocycles. The number of fused-ring (bicyclic) bond motifs is 1. The molecule has 2 atom stereocenters. The maximum atomic E-state index is 12.9. The van der Waals surface area contributed by atoms with Crippen LogP contribution in [0.25, 0.3) is 0 Å².